The van der Waals surface area contributed by atoms with Gasteiger partial charge in [0.2, 0.25) is 0 Å². The Morgan fingerprint density at radius 2 is 2.05 bits per heavy atom. The van der Waals surface area contributed by atoms with Gasteiger partial charge in [0, 0.05) is 24.0 Å². The molecule has 0 amide bonds. The molecule has 1 aromatic carbocycles. The topological polar surface area (TPSA) is 40.7 Å². The van der Waals surface area contributed by atoms with Gasteiger partial charge in [-0.15, -0.1) is 0 Å². The number of benzene rings is 1. The number of hydrogen-bond acceptors (Lipinski definition) is 2. The Balaban J connectivity index is 2.05. The molecule has 0 aliphatic carbocycles. The quantitative estimate of drug-likeness (QED) is 0.871. The van der Waals surface area contributed by atoms with Crippen LogP contribution in [0.25, 0.3) is 11.4 Å². The minimum Gasteiger partial charge on any atom is -0.341 e. The van der Waals surface area contributed by atoms with Crippen LogP contribution in [0.5, 0.6) is 0 Å². The number of imidazole rings is 1. The van der Waals surface area contributed by atoms with Crippen LogP contribution < -0.4 is 5.32 Å². The van der Waals surface area contributed by atoms with E-state index < -0.39 is 0 Å². The molecule has 102 valence electrons. The van der Waals surface area contributed by atoms with Crippen LogP contribution in [-0.2, 0) is 6.54 Å². The second kappa shape index (κ2) is 6.42. The Kier molecular flexibility index (Phi) is 4.86. The zero-order chi connectivity index (χ0) is 13.8. The van der Waals surface area contributed by atoms with E-state index >= 15 is 0 Å². The third-order valence-electron chi connectivity index (χ3n) is 2.69. The van der Waals surface area contributed by atoms with Crippen molar-refractivity contribution in [3.63, 3.8) is 0 Å². The number of hydrogen-bond donors (Lipinski definition) is 2. The zero-order valence-corrected chi connectivity index (χ0v) is 12.5. The molecule has 5 heteroatoms. The molecule has 2 N–H and O–H groups in total. The van der Waals surface area contributed by atoms with Gasteiger partial charge in [-0.3, -0.25) is 0 Å². The van der Waals surface area contributed by atoms with E-state index in [9.17, 15) is 0 Å². The molecule has 0 saturated heterocycles. The van der Waals surface area contributed by atoms with Crippen LogP contribution in [0.3, 0.4) is 0 Å². The summed E-state index contributed by atoms with van der Waals surface area (Å²) in [4.78, 5) is 7.63. The molecule has 0 fully saturated rings. The van der Waals surface area contributed by atoms with Crippen molar-refractivity contribution in [1.82, 2.24) is 15.3 Å². The maximum absolute atomic E-state index is 6.00. The highest BCUT2D eigenvalue weighted by molar-refractivity contribution is 6.42. The largest absolute Gasteiger partial charge is 0.341 e. The van der Waals surface area contributed by atoms with Gasteiger partial charge in [0.25, 0.3) is 0 Å². The molecule has 3 nitrogen and oxygen atoms in total. The van der Waals surface area contributed by atoms with Crippen molar-refractivity contribution < 1.29 is 0 Å². The second-order valence-electron chi connectivity index (χ2n) is 4.91. The minimum absolute atomic E-state index is 0.537. The van der Waals surface area contributed by atoms with Crippen LogP contribution in [0.1, 0.15) is 19.5 Å². The highest BCUT2D eigenvalue weighted by Gasteiger charge is 2.06. The fraction of sp³-hybridized carbons (Fsp3) is 0.357. The predicted octanol–water partition coefficient (Wildman–Crippen LogP) is 4.13. The Labute approximate surface area is 123 Å². The minimum atomic E-state index is 0.537. The van der Waals surface area contributed by atoms with Crippen LogP contribution in [0.4, 0.5) is 0 Å². The molecular weight excluding hydrogens is 281 g/mol. The van der Waals surface area contributed by atoms with Gasteiger partial charge in [0.15, 0.2) is 0 Å². The molecule has 0 spiro atoms. The van der Waals surface area contributed by atoms with Gasteiger partial charge in [0.1, 0.15) is 5.82 Å². The van der Waals surface area contributed by atoms with Crippen LogP contribution in [0.15, 0.2) is 24.4 Å². The summed E-state index contributed by atoms with van der Waals surface area (Å²) in [6.07, 6.45) is 1.84. The van der Waals surface area contributed by atoms with Gasteiger partial charge in [-0.25, -0.2) is 4.98 Å². The molecule has 0 unspecified atom stereocenters. The van der Waals surface area contributed by atoms with E-state index in [1.807, 2.05) is 18.3 Å². The van der Waals surface area contributed by atoms with E-state index in [1.165, 1.54) is 0 Å². The number of nitrogens with zero attached hydrogens (tertiary/aromatic N) is 1. The summed E-state index contributed by atoms with van der Waals surface area (Å²) < 4.78 is 0. The first-order valence-corrected chi connectivity index (χ1v) is 7.02. The van der Waals surface area contributed by atoms with Crippen molar-refractivity contribution in [2.75, 3.05) is 6.54 Å². The van der Waals surface area contributed by atoms with Crippen molar-refractivity contribution in [3.8, 4) is 11.4 Å². The molecular formula is C14H17Cl2N3. The van der Waals surface area contributed by atoms with Crippen molar-refractivity contribution in [2.24, 2.45) is 5.92 Å². The van der Waals surface area contributed by atoms with E-state index in [4.69, 9.17) is 23.2 Å². The number of nitrogens with one attached hydrogen (secondary N) is 2. The molecule has 0 bridgehead atoms. The standard InChI is InChI=1S/C14H17Cl2N3/c1-9(2)6-17-7-11-8-18-14(19-11)10-3-4-12(15)13(16)5-10/h3-5,8-9,17H,6-7H2,1-2H3,(H,18,19). The molecule has 19 heavy (non-hydrogen) atoms. The molecule has 0 saturated carbocycles. The van der Waals surface area contributed by atoms with Crippen LogP contribution in [-0.4, -0.2) is 16.5 Å². The van der Waals surface area contributed by atoms with Gasteiger partial charge >= 0.3 is 0 Å². The van der Waals surface area contributed by atoms with Crippen LogP contribution >= 0.6 is 23.2 Å². The zero-order valence-electron chi connectivity index (χ0n) is 11.0. The molecule has 1 aromatic heterocycles. The van der Waals surface area contributed by atoms with E-state index in [2.05, 4.69) is 29.1 Å². The fourth-order valence-electron chi connectivity index (χ4n) is 1.73. The number of aromatic amines is 1. The van der Waals surface area contributed by atoms with Crippen LogP contribution in [0, 0.1) is 5.92 Å². The molecule has 2 rings (SSSR count). The van der Waals surface area contributed by atoms with Gasteiger partial charge in [0.05, 0.1) is 10.0 Å². The van der Waals surface area contributed by atoms with Crippen molar-refractivity contribution in [1.29, 1.82) is 0 Å². The number of rotatable bonds is 5. The summed E-state index contributed by atoms with van der Waals surface area (Å²) >= 11 is 11.9. The number of halogens is 2. The number of H-pyrrole nitrogens is 1. The van der Waals surface area contributed by atoms with Gasteiger partial charge in [-0.05, 0) is 30.7 Å². The predicted molar refractivity (Wildman–Crippen MR) is 80.6 cm³/mol. The van der Waals surface area contributed by atoms with Crippen molar-refractivity contribution >= 4 is 23.2 Å². The fourth-order valence-corrected chi connectivity index (χ4v) is 2.03. The Morgan fingerprint density at radius 1 is 1.26 bits per heavy atom. The lowest BCUT2D eigenvalue weighted by Crippen LogP contribution is -2.19. The summed E-state index contributed by atoms with van der Waals surface area (Å²) in [5.74, 6) is 1.44. The summed E-state index contributed by atoms with van der Waals surface area (Å²) in [7, 11) is 0. The molecule has 0 aliphatic rings. The van der Waals surface area contributed by atoms with E-state index in [1.54, 1.807) is 6.07 Å². The summed E-state index contributed by atoms with van der Waals surface area (Å²) in [5.41, 5.74) is 1.99. The molecule has 1 heterocycles. The molecule has 0 aliphatic heterocycles. The lowest BCUT2D eigenvalue weighted by Gasteiger charge is -2.05. The Morgan fingerprint density at radius 3 is 2.74 bits per heavy atom. The Hall–Kier alpha value is -1.03. The molecule has 0 radical (unpaired) electrons. The lowest BCUT2D eigenvalue weighted by atomic mass is 10.2. The maximum Gasteiger partial charge on any atom is 0.137 e. The first kappa shape index (κ1) is 14.4. The van der Waals surface area contributed by atoms with Crippen LogP contribution in [0.2, 0.25) is 10.0 Å². The summed E-state index contributed by atoms with van der Waals surface area (Å²) in [6, 6.07) is 5.49. The van der Waals surface area contributed by atoms with Crippen molar-refractivity contribution in [2.45, 2.75) is 20.4 Å². The number of aromatic nitrogens is 2. The third kappa shape index (κ3) is 3.96. The summed E-state index contributed by atoms with van der Waals surface area (Å²) in [6.45, 7) is 6.13. The second-order valence-corrected chi connectivity index (χ2v) is 5.73. The van der Waals surface area contributed by atoms with Gasteiger partial charge in [-0.1, -0.05) is 37.0 Å². The normalized spacial score (nSPS) is 11.2. The highest BCUT2D eigenvalue weighted by Crippen LogP contribution is 2.26. The molecule has 2 aromatic rings. The van der Waals surface area contributed by atoms with E-state index in [-0.39, 0.29) is 0 Å². The van der Waals surface area contributed by atoms with Crippen molar-refractivity contribution in [3.05, 3.63) is 40.1 Å². The first-order valence-electron chi connectivity index (χ1n) is 6.26. The van der Waals surface area contributed by atoms with E-state index in [0.717, 1.165) is 30.2 Å². The smallest absolute Gasteiger partial charge is 0.137 e. The monoisotopic (exact) mass is 297 g/mol. The lowest BCUT2D eigenvalue weighted by molar-refractivity contribution is 0.549. The van der Waals surface area contributed by atoms with Gasteiger partial charge in [-0.2, -0.15) is 0 Å². The first-order chi connectivity index (χ1) is 9.06. The Bertz CT molecular complexity index is 549. The molecule has 0 atom stereocenters. The summed E-state index contributed by atoms with van der Waals surface area (Å²) in [5, 5.41) is 4.46. The maximum atomic E-state index is 6.00. The van der Waals surface area contributed by atoms with E-state index in [0.29, 0.717) is 16.0 Å². The van der Waals surface area contributed by atoms with Gasteiger partial charge < -0.3 is 10.3 Å². The average molecular weight is 298 g/mol. The average Bonchev–Trinajstić information content (AvgIpc) is 2.81. The SMILES string of the molecule is CC(C)CNCc1cnc(-c2ccc(Cl)c(Cl)c2)[nH]1. The third-order valence-corrected chi connectivity index (χ3v) is 3.43. The highest BCUT2D eigenvalue weighted by atomic mass is 35.5.